The minimum Gasteiger partial charge on any atom is -0.496 e. The Hall–Kier alpha value is -3.22. The molecule has 2 aromatic carbocycles. The standard InChI is InChI=1S/C21H25NO6/c1-26-17-8-4-14(12-19(17)28-3)5-9-20(23)22-11-10-15-6-7-16(21(24)25)13-18(15)27-2/h4,6-8,12-13H,5,9-11H2,1-3H3,(H,22,23)(H,24,25). The molecule has 0 bridgehead atoms. The van der Waals surface area contributed by atoms with E-state index in [1.54, 1.807) is 20.3 Å². The van der Waals surface area contributed by atoms with E-state index in [0.717, 1.165) is 11.1 Å². The Morgan fingerprint density at radius 1 is 0.893 bits per heavy atom. The number of carbonyl (C=O) groups is 2. The van der Waals surface area contributed by atoms with E-state index in [1.165, 1.54) is 19.2 Å². The van der Waals surface area contributed by atoms with Gasteiger partial charge in [0.25, 0.3) is 0 Å². The summed E-state index contributed by atoms with van der Waals surface area (Å²) in [6.45, 7) is 0.438. The molecule has 1 amide bonds. The number of rotatable bonds is 10. The van der Waals surface area contributed by atoms with Gasteiger partial charge in [-0.2, -0.15) is 0 Å². The highest BCUT2D eigenvalue weighted by molar-refractivity contribution is 5.88. The van der Waals surface area contributed by atoms with E-state index in [9.17, 15) is 9.59 Å². The van der Waals surface area contributed by atoms with E-state index in [2.05, 4.69) is 5.32 Å². The molecule has 0 saturated carbocycles. The van der Waals surface area contributed by atoms with Crippen molar-refractivity contribution in [2.24, 2.45) is 0 Å². The quantitative estimate of drug-likeness (QED) is 0.651. The molecule has 0 aromatic heterocycles. The van der Waals surface area contributed by atoms with Crippen LogP contribution in [-0.4, -0.2) is 44.9 Å². The summed E-state index contributed by atoms with van der Waals surface area (Å²) >= 11 is 0. The van der Waals surface area contributed by atoms with E-state index < -0.39 is 5.97 Å². The number of aryl methyl sites for hydroxylation is 1. The normalized spacial score (nSPS) is 10.2. The first-order chi connectivity index (χ1) is 13.5. The number of methoxy groups -OCH3 is 3. The van der Waals surface area contributed by atoms with Gasteiger partial charge in [-0.3, -0.25) is 4.79 Å². The lowest BCUT2D eigenvalue weighted by Crippen LogP contribution is -2.26. The Kier molecular flexibility index (Phi) is 7.68. The van der Waals surface area contributed by atoms with Crippen LogP contribution in [0.5, 0.6) is 17.2 Å². The maximum absolute atomic E-state index is 12.1. The number of aromatic carboxylic acids is 1. The van der Waals surface area contributed by atoms with Gasteiger partial charge in [-0.05, 0) is 48.2 Å². The molecule has 0 aliphatic heterocycles. The zero-order valence-electron chi connectivity index (χ0n) is 16.3. The fraction of sp³-hybridized carbons (Fsp3) is 0.333. The Balaban J connectivity index is 1.84. The molecular formula is C21H25NO6. The van der Waals surface area contributed by atoms with Crippen LogP contribution in [0, 0.1) is 0 Å². The topological polar surface area (TPSA) is 94.1 Å². The van der Waals surface area contributed by atoms with E-state index in [0.29, 0.717) is 43.1 Å². The number of hydrogen-bond donors (Lipinski definition) is 2. The van der Waals surface area contributed by atoms with Crippen molar-refractivity contribution in [1.29, 1.82) is 0 Å². The number of benzene rings is 2. The van der Waals surface area contributed by atoms with Gasteiger partial charge in [-0.15, -0.1) is 0 Å². The summed E-state index contributed by atoms with van der Waals surface area (Å²) in [4.78, 5) is 23.1. The van der Waals surface area contributed by atoms with Crippen LogP contribution in [0.25, 0.3) is 0 Å². The van der Waals surface area contributed by atoms with Crippen molar-refractivity contribution in [3.63, 3.8) is 0 Å². The molecule has 7 nitrogen and oxygen atoms in total. The molecule has 0 aliphatic carbocycles. The molecule has 0 saturated heterocycles. The molecule has 0 radical (unpaired) electrons. The van der Waals surface area contributed by atoms with Gasteiger partial charge in [-0.1, -0.05) is 12.1 Å². The Bertz CT molecular complexity index is 834. The molecule has 0 spiro atoms. The fourth-order valence-corrected chi connectivity index (χ4v) is 2.80. The second kappa shape index (κ2) is 10.2. The molecule has 2 N–H and O–H groups in total. The van der Waals surface area contributed by atoms with Crippen LogP contribution in [0.15, 0.2) is 36.4 Å². The maximum atomic E-state index is 12.1. The summed E-state index contributed by atoms with van der Waals surface area (Å²) in [5.74, 6) is 0.722. The molecule has 28 heavy (non-hydrogen) atoms. The first-order valence-electron chi connectivity index (χ1n) is 8.86. The van der Waals surface area contributed by atoms with Crippen LogP contribution >= 0.6 is 0 Å². The molecule has 150 valence electrons. The van der Waals surface area contributed by atoms with Crippen molar-refractivity contribution in [2.45, 2.75) is 19.3 Å². The zero-order valence-corrected chi connectivity index (χ0v) is 16.3. The van der Waals surface area contributed by atoms with Crippen LogP contribution in [0.3, 0.4) is 0 Å². The SMILES string of the molecule is COc1cc(C(=O)O)ccc1CCNC(=O)CCc1ccc(OC)c(OC)c1. The van der Waals surface area contributed by atoms with Crippen molar-refractivity contribution in [1.82, 2.24) is 5.32 Å². The van der Waals surface area contributed by atoms with Crippen molar-refractivity contribution >= 4 is 11.9 Å². The Labute approximate surface area is 164 Å². The van der Waals surface area contributed by atoms with Gasteiger partial charge in [0.15, 0.2) is 11.5 Å². The van der Waals surface area contributed by atoms with Crippen molar-refractivity contribution in [3.8, 4) is 17.2 Å². The number of nitrogens with one attached hydrogen (secondary N) is 1. The van der Waals surface area contributed by atoms with E-state index in [4.69, 9.17) is 19.3 Å². The minimum atomic E-state index is -1.01. The molecule has 0 fully saturated rings. The summed E-state index contributed by atoms with van der Waals surface area (Å²) in [7, 11) is 4.65. The largest absolute Gasteiger partial charge is 0.496 e. The van der Waals surface area contributed by atoms with E-state index >= 15 is 0 Å². The number of carboxylic acid groups (broad SMARTS) is 1. The van der Waals surface area contributed by atoms with Crippen LogP contribution < -0.4 is 19.5 Å². The summed E-state index contributed by atoms with van der Waals surface area (Å²) in [5.41, 5.74) is 1.99. The van der Waals surface area contributed by atoms with Gasteiger partial charge in [-0.25, -0.2) is 4.79 Å². The van der Waals surface area contributed by atoms with Gasteiger partial charge < -0.3 is 24.6 Å². The lowest BCUT2D eigenvalue weighted by Gasteiger charge is -2.11. The molecular weight excluding hydrogens is 362 g/mol. The Morgan fingerprint density at radius 2 is 1.61 bits per heavy atom. The highest BCUT2D eigenvalue weighted by Crippen LogP contribution is 2.28. The maximum Gasteiger partial charge on any atom is 0.335 e. The van der Waals surface area contributed by atoms with Crippen LogP contribution in [0.2, 0.25) is 0 Å². The summed E-state index contributed by atoms with van der Waals surface area (Å²) in [6.07, 6.45) is 1.48. The highest BCUT2D eigenvalue weighted by atomic mass is 16.5. The second-order valence-corrected chi connectivity index (χ2v) is 6.12. The van der Waals surface area contributed by atoms with Crippen molar-refractivity contribution < 1.29 is 28.9 Å². The van der Waals surface area contributed by atoms with Crippen LogP contribution in [-0.2, 0) is 17.6 Å². The number of carbonyl (C=O) groups excluding carboxylic acids is 1. The molecule has 2 aromatic rings. The lowest BCUT2D eigenvalue weighted by atomic mass is 10.1. The molecule has 0 aliphatic rings. The first kappa shape index (κ1) is 21.1. The fourth-order valence-electron chi connectivity index (χ4n) is 2.80. The monoisotopic (exact) mass is 387 g/mol. The molecule has 0 atom stereocenters. The zero-order chi connectivity index (χ0) is 20.5. The van der Waals surface area contributed by atoms with Crippen LogP contribution in [0.1, 0.15) is 27.9 Å². The predicted octanol–water partition coefficient (Wildman–Crippen LogP) is 2.70. The third-order valence-corrected chi connectivity index (χ3v) is 4.34. The average molecular weight is 387 g/mol. The van der Waals surface area contributed by atoms with E-state index in [-0.39, 0.29) is 11.5 Å². The van der Waals surface area contributed by atoms with Crippen molar-refractivity contribution in [3.05, 3.63) is 53.1 Å². The van der Waals surface area contributed by atoms with Gasteiger partial charge in [0, 0.05) is 13.0 Å². The Morgan fingerprint density at radius 3 is 2.25 bits per heavy atom. The summed E-state index contributed by atoms with van der Waals surface area (Å²) < 4.78 is 15.7. The number of hydrogen-bond acceptors (Lipinski definition) is 5. The van der Waals surface area contributed by atoms with Gasteiger partial charge in [0.05, 0.1) is 26.9 Å². The van der Waals surface area contributed by atoms with Gasteiger partial charge in [0.1, 0.15) is 5.75 Å². The van der Waals surface area contributed by atoms with Gasteiger partial charge in [0.2, 0.25) is 5.91 Å². The minimum absolute atomic E-state index is 0.0593. The van der Waals surface area contributed by atoms with Crippen molar-refractivity contribution in [2.75, 3.05) is 27.9 Å². The van der Waals surface area contributed by atoms with Gasteiger partial charge >= 0.3 is 5.97 Å². The van der Waals surface area contributed by atoms with Crippen LogP contribution in [0.4, 0.5) is 0 Å². The smallest absolute Gasteiger partial charge is 0.335 e. The number of ether oxygens (including phenoxy) is 3. The number of amides is 1. The third kappa shape index (κ3) is 5.64. The molecule has 7 heteroatoms. The molecule has 0 heterocycles. The van der Waals surface area contributed by atoms with E-state index in [1.807, 2.05) is 18.2 Å². The first-order valence-corrected chi connectivity index (χ1v) is 8.86. The predicted molar refractivity (Wildman–Crippen MR) is 105 cm³/mol. The number of carboxylic acids is 1. The summed E-state index contributed by atoms with van der Waals surface area (Å²) in [6, 6.07) is 10.3. The lowest BCUT2D eigenvalue weighted by molar-refractivity contribution is -0.121. The molecule has 0 unspecified atom stereocenters. The average Bonchev–Trinajstić information content (AvgIpc) is 2.71. The molecule has 2 rings (SSSR count). The summed E-state index contributed by atoms with van der Waals surface area (Å²) in [5, 5.41) is 11.9. The highest BCUT2D eigenvalue weighted by Gasteiger charge is 2.10. The second-order valence-electron chi connectivity index (χ2n) is 6.12. The third-order valence-electron chi connectivity index (χ3n) is 4.34.